The second kappa shape index (κ2) is 17.1. The minimum atomic E-state index is 0. The Hall–Kier alpha value is 0.730. The number of nitrogens with zero attached hydrogens (tertiary/aromatic N) is 1. The van der Waals surface area contributed by atoms with E-state index in [9.17, 15) is 0 Å². The minimum absolute atomic E-state index is 0. The highest BCUT2D eigenvalue weighted by Crippen LogP contribution is 2.16. The molecule has 0 radical (unpaired) electrons. The Labute approximate surface area is 150 Å². The first-order valence-corrected chi connectivity index (χ1v) is 9.69. The van der Waals surface area contributed by atoms with Gasteiger partial charge in [0.2, 0.25) is 0 Å². The van der Waals surface area contributed by atoms with Crippen molar-refractivity contribution in [3.63, 3.8) is 0 Å². The standard InChI is InChI=1S/C18H39ClN.BrH/c1-4-7-10-12-16-20(18-14-19,15-9-6-3)17-13-11-8-5-2;/h4-18H2,1-3H3;1H/q+1;/p-1. The van der Waals surface area contributed by atoms with Crippen LogP contribution in [0.25, 0.3) is 0 Å². The van der Waals surface area contributed by atoms with Gasteiger partial charge in [-0.15, -0.1) is 11.6 Å². The Morgan fingerprint density at radius 1 is 0.571 bits per heavy atom. The van der Waals surface area contributed by atoms with E-state index in [0.29, 0.717) is 0 Å². The molecule has 0 aromatic rings. The zero-order valence-corrected chi connectivity index (χ0v) is 17.2. The highest BCUT2D eigenvalue weighted by atomic mass is 79.9. The van der Waals surface area contributed by atoms with E-state index in [1.807, 2.05) is 0 Å². The average Bonchev–Trinajstić information content (AvgIpc) is 2.46. The highest BCUT2D eigenvalue weighted by molar-refractivity contribution is 6.17. The van der Waals surface area contributed by atoms with Crippen molar-refractivity contribution >= 4 is 11.6 Å². The fourth-order valence-corrected chi connectivity index (χ4v) is 3.45. The van der Waals surface area contributed by atoms with Crippen molar-refractivity contribution in [2.24, 2.45) is 0 Å². The normalized spacial score (nSPS) is 11.4. The van der Waals surface area contributed by atoms with Gasteiger partial charge in [0, 0.05) is 0 Å². The van der Waals surface area contributed by atoms with Gasteiger partial charge in [-0.25, -0.2) is 0 Å². The summed E-state index contributed by atoms with van der Waals surface area (Å²) in [6.45, 7) is 12.1. The van der Waals surface area contributed by atoms with Crippen molar-refractivity contribution in [2.75, 3.05) is 32.1 Å². The van der Waals surface area contributed by atoms with Crippen LogP contribution in [-0.4, -0.2) is 36.5 Å². The Bertz CT molecular complexity index is 188. The van der Waals surface area contributed by atoms with Gasteiger partial charge in [-0.3, -0.25) is 0 Å². The Morgan fingerprint density at radius 3 is 1.38 bits per heavy atom. The van der Waals surface area contributed by atoms with Crippen LogP contribution in [0.1, 0.15) is 85.0 Å². The van der Waals surface area contributed by atoms with E-state index in [1.54, 1.807) is 0 Å². The molecule has 130 valence electrons. The molecule has 21 heavy (non-hydrogen) atoms. The van der Waals surface area contributed by atoms with E-state index in [1.165, 1.54) is 94.9 Å². The summed E-state index contributed by atoms with van der Waals surface area (Å²) in [5.74, 6) is 0.825. The lowest BCUT2D eigenvalue weighted by Crippen LogP contribution is -3.00. The Kier molecular flexibility index (Phi) is 19.5. The Morgan fingerprint density at radius 2 is 1.00 bits per heavy atom. The molecule has 0 saturated heterocycles. The van der Waals surface area contributed by atoms with Crippen molar-refractivity contribution in [1.82, 2.24) is 0 Å². The van der Waals surface area contributed by atoms with Crippen molar-refractivity contribution < 1.29 is 21.5 Å². The molecule has 0 unspecified atom stereocenters. The van der Waals surface area contributed by atoms with Gasteiger partial charge in [-0.2, -0.15) is 0 Å². The number of hydrogen-bond acceptors (Lipinski definition) is 0. The number of hydrogen-bond donors (Lipinski definition) is 0. The number of rotatable bonds is 15. The number of quaternary nitrogens is 1. The van der Waals surface area contributed by atoms with E-state index >= 15 is 0 Å². The zero-order chi connectivity index (χ0) is 15.1. The van der Waals surface area contributed by atoms with E-state index < -0.39 is 0 Å². The molecule has 0 bridgehead atoms. The molecule has 0 amide bonds. The smallest absolute Gasteiger partial charge is 0.0924 e. The maximum absolute atomic E-state index is 6.13. The van der Waals surface area contributed by atoms with Crippen LogP contribution in [0.4, 0.5) is 0 Å². The molecule has 0 N–H and O–H groups in total. The molecule has 0 spiro atoms. The van der Waals surface area contributed by atoms with Crippen LogP contribution in [0.3, 0.4) is 0 Å². The van der Waals surface area contributed by atoms with Crippen LogP contribution < -0.4 is 17.0 Å². The quantitative estimate of drug-likeness (QED) is 0.231. The van der Waals surface area contributed by atoms with Crippen LogP contribution in [0.5, 0.6) is 0 Å². The van der Waals surface area contributed by atoms with Crippen LogP contribution in [-0.2, 0) is 0 Å². The third-order valence-corrected chi connectivity index (χ3v) is 4.69. The predicted octanol–water partition coefficient (Wildman–Crippen LogP) is 3.01. The first-order chi connectivity index (χ1) is 9.74. The molecule has 1 nitrogen and oxygen atoms in total. The predicted molar refractivity (Wildman–Crippen MR) is 93.6 cm³/mol. The summed E-state index contributed by atoms with van der Waals surface area (Å²) < 4.78 is 1.30. The molecular formula is C18H39BrClN. The van der Waals surface area contributed by atoms with E-state index in [-0.39, 0.29) is 17.0 Å². The molecule has 0 rings (SSSR count). The lowest BCUT2D eigenvalue weighted by atomic mass is 10.1. The van der Waals surface area contributed by atoms with Gasteiger partial charge in [0.15, 0.2) is 0 Å². The number of alkyl halides is 1. The van der Waals surface area contributed by atoms with Crippen molar-refractivity contribution in [1.29, 1.82) is 0 Å². The molecule has 0 aliphatic heterocycles. The number of halogens is 2. The van der Waals surface area contributed by atoms with Crippen LogP contribution in [0.2, 0.25) is 0 Å². The topological polar surface area (TPSA) is 0 Å². The summed E-state index contributed by atoms with van der Waals surface area (Å²) in [6.07, 6.45) is 13.7. The van der Waals surface area contributed by atoms with Gasteiger partial charge in [0.25, 0.3) is 0 Å². The van der Waals surface area contributed by atoms with Gasteiger partial charge >= 0.3 is 0 Å². The summed E-state index contributed by atoms with van der Waals surface area (Å²) in [4.78, 5) is 0. The summed E-state index contributed by atoms with van der Waals surface area (Å²) in [7, 11) is 0. The lowest BCUT2D eigenvalue weighted by molar-refractivity contribution is -0.926. The van der Waals surface area contributed by atoms with E-state index in [0.717, 1.165) is 5.88 Å². The SMILES string of the molecule is CCCCCC[N+](CCCl)(CCCC)CCCCCC.[Br-]. The first kappa shape index (κ1) is 24.0. The fourth-order valence-electron chi connectivity index (χ4n) is 3.09. The molecule has 0 aliphatic carbocycles. The third kappa shape index (κ3) is 12.9. The number of unbranched alkanes of at least 4 members (excludes halogenated alkanes) is 7. The van der Waals surface area contributed by atoms with E-state index in [2.05, 4.69) is 20.8 Å². The van der Waals surface area contributed by atoms with E-state index in [4.69, 9.17) is 11.6 Å². The molecule has 0 fully saturated rings. The molecule has 0 aliphatic rings. The first-order valence-electron chi connectivity index (χ1n) is 9.15. The van der Waals surface area contributed by atoms with Gasteiger partial charge in [0.05, 0.1) is 32.1 Å². The molecular weight excluding hydrogens is 346 g/mol. The Balaban J connectivity index is 0. The summed E-state index contributed by atoms with van der Waals surface area (Å²) in [5.41, 5.74) is 0. The highest BCUT2D eigenvalue weighted by Gasteiger charge is 2.25. The molecule has 0 heterocycles. The van der Waals surface area contributed by atoms with Gasteiger partial charge < -0.3 is 21.5 Å². The molecule has 0 saturated carbocycles. The third-order valence-electron chi connectivity index (χ3n) is 4.52. The maximum atomic E-state index is 6.13. The zero-order valence-electron chi connectivity index (χ0n) is 14.8. The summed E-state index contributed by atoms with van der Waals surface area (Å²) in [5, 5.41) is 0. The average molecular weight is 385 g/mol. The summed E-state index contributed by atoms with van der Waals surface area (Å²) >= 11 is 6.13. The van der Waals surface area contributed by atoms with Gasteiger partial charge in [0.1, 0.15) is 0 Å². The van der Waals surface area contributed by atoms with Crippen LogP contribution in [0, 0.1) is 0 Å². The summed E-state index contributed by atoms with van der Waals surface area (Å²) in [6, 6.07) is 0. The maximum Gasteiger partial charge on any atom is 0.0924 e. The minimum Gasteiger partial charge on any atom is -1.00 e. The van der Waals surface area contributed by atoms with Crippen molar-refractivity contribution in [3.8, 4) is 0 Å². The van der Waals surface area contributed by atoms with Crippen molar-refractivity contribution in [3.05, 3.63) is 0 Å². The fraction of sp³-hybridized carbons (Fsp3) is 1.00. The molecule has 0 aromatic heterocycles. The van der Waals surface area contributed by atoms with Gasteiger partial charge in [-0.1, -0.05) is 52.9 Å². The van der Waals surface area contributed by atoms with Gasteiger partial charge in [-0.05, 0) is 32.1 Å². The molecule has 0 aromatic carbocycles. The second-order valence-corrected chi connectivity index (χ2v) is 6.78. The largest absolute Gasteiger partial charge is 1.00 e. The van der Waals surface area contributed by atoms with Crippen molar-refractivity contribution in [2.45, 2.75) is 85.0 Å². The lowest BCUT2D eigenvalue weighted by Gasteiger charge is -2.39. The van der Waals surface area contributed by atoms with Crippen LogP contribution >= 0.6 is 11.6 Å². The van der Waals surface area contributed by atoms with Crippen LogP contribution in [0.15, 0.2) is 0 Å². The molecule has 3 heteroatoms. The second-order valence-electron chi connectivity index (χ2n) is 6.40. The molecule has 0 atom stereocenters. The monoisotopic (exact) mass is 383 g/mol.